The highest BCUT2D eigenvalue weighted by Crippen LogP contribution is 2.23. The maximum absolute atomic E-state index is 12.2. The average molecular weight is 328 g/mol. The Balaban J connectivity index is 2.13. The molecule has 118 valence electrons. The standard InChI is InChI=1S/C17H16N2O3S/c1-3-9-19-13-8-7-12(21-4-2)11-15(13)23-17(19)18-16(20)14-6-5-10-22-14/h3,5-8,10-11H,1,4,9H2,2H3. The zero-order chi connectivity index (χ0) is 16.2. The van der Waals surface area contributed by atoms with Crippen molar-refractivity contribution in [3.63, 3.8) is 0 Å². The second-order valence-electron chi connectivity index (χ2n) is 4.74. The first-order valence-corrected chi connectivity index (χ1v) is 8.04. The van der Waals surface area contributed by atoms with Crippen molar-refractivity contribution in [2.75, 3.05) is 6.61 Å². The number of benzene rings is 1. The Bertz CT molecular complexity index is 904. The number of rotatable bonds is 5. The normalized spacial score (nSPS) is 11.8. The first-order chi connectivity index (χ1) is 11.2. The number of carbonyl (C=O) groups is 1. The molecule has 0 spiro atoms. The van der Waals surface area contributed by atoms with Crippen molar-refractivity contribution < 1.29 is 13.9 Å². The number of hydrogen-bond acceptors (Lipinski definition) is 4. The largest absolute Gasteiger partial charge is 0.494 e. The lowest BCUT2D eigenvalue weighted by atomic mass is 10.3. The first-order valence-electron chi connectivity index (χ1n) is 7.22. The number of aromatic nitrogens is 1. The number of thiazole rings is 1. The van der Waals surface area contributed by atoms with Crippen LogP contribution in [0, 0.1) is 0 Å². The fourth-order valence-electron chi connectivity index (χ4n) is 2.24. The molecule has 5 nitrogen and oxygen atoms in total. The Kier molecular flexibility index (Phi) is 4.43. The highest BCUT2D eigenvalue weighted by Gasteiger charge is 2.11. The molecule has 0 radical (unpaired) electrons. The van der Waals surface area contributed by atoms with Crippen molar-refractivity contribution in [2.45, 2.75) is 13.5 Å². The Labute approximate surface area is 137 Å². The molecule has 0 aliphatic rings. The Hall–Kier alpha value is -2.60. The smallest absolute Gasteiger partial charge is 0.315 e. The van der Waals surface area contributed by atoms with Gasteiger partial charge in [0.15, 0.2) is 10.6 Å². The van der Waals surface area contributed by atoms with Crippen LogP contribution in [0.3, 0.4) is 0 Å². The number of allylic oxidation sites excluding steroid dienone is 1. The van der Waals surface area contributed by atoms with Crippen LogP contribution in [0.4, 0.5) is 0 Å². The molecule has 2 aromatic heterocycles. The molecule has 0 saturated heterocycles. The summed E-state index contributed by atoms with van der Waals surface area (Å²) in [5, 5.41) is 0. The maximum Gasteiger partial charge on any atom is 0.315 e. The molecule has 0 aliphatic carbocycles. The van der Waals surface area contributed by atoms with Crippen molar-refractivity contribution >= 4 is 27.5 Å². The van der Waals surface area contributed by atoms with Gasteiger partial charge in [-0.3, -0.25) is 4.79 Å². The molecular weight excluding hydrogens is 312 g/mol. The molecule has 23 heavy (non-hydrogen) atoms. The Morgan fingerprint density at radius 3 is 3.04 bits per heavy atom. The van der Waals surface area contributed by atoms with Crippen molar-refractivity contribution in [3.05, 3.63) is 59.8 Å². The summed E-state index contributed by atoms with van der Waals surface area (Å²) in [6.45, 7) is 6.89. The van der Waals surface area contributed by atoms with E-state index < -0.39 is 5.91 Å². The van der Waals surface area contributed by atoms with Crippen LogP contribution in [0.2, 0.25) is 0 Å². The monoisotopic (exact) mass is 328 g/mol. The quantitative estimate of drug-likeness (QED) is 0.672. The zero-order valence-electron chi connectivity index (χ0n) is 12.7. The van der Waals surface area contributed by atoms with Gasteiger partial charge in [-0.05, 0) is 37.3 Å². The summed E-state index contributed by atoms with van der Waals surface area (Å²) in [5.74, 6) is 0.628. The van der Waals surface area contributed by atoms with E-state index >= 15 is 0 Å². The fourth-order valence-corrected chi connectivity index (χ4v) is 3.31. The molecule has 0 unspecified atom stereocenters. The van der Waals surface area contributed by atoms with Crippen LogP contribution in [-0.4, -0.2) is 17.1 Å². The van der Waals surface area contributed by atoms with E-state index in [1.807, 2.05) is 29.7 Å². The zero-order valence-corrected chi connectivity index (χ0v) is 13.5. The van der Waals surface area contributed by atoms with Crippen molar-refractivity contribution in [3.8, 4) is 5.75 Å². The van der Waals surface area contributed by atoms with Gasteiger partial charge in [-0.2, -0.15) is 4.99 Å². The molecule has 0 N–H and O–H groups in total. The van der Waals surface area contributed by atoms with Crippen LogP contribution in [0.5, 0.6) is 5.75 Å². The summed E-state index contributed by atoms with van der Waals surface area (Å²) >= 11 is 1.44. The van der Waals surface area contributed by atoms with Gasteiger partial charge in [-0.15, -0.1) is 6.58 Å². The number of fused-ring (bicyclic) bond motifs is 1. The number of ether oxygens (including phenoxy) is 1. The molecule has 6 heteroatoms. The van der Waals surface area contributed by atoms with Gasteiger partial charge in [0.2, 0.25) is 0 Å². The number of hydrogen-bond donors (Lipinski definition) is 0. The number of nitrogens with zero attached hydrogens (tertiary/aromatic N) is 2. The summed E-state index contributed by atoms with van der Waals surface area (Å²) < 4.78 is 13.6. The SMILES string of the molecule is C=CCn1c(=NC(=O)c2ccco2)sc2cc(OCC)ccc21. The lowest BCUT2D eigenvalue weighted by Crippen LogP contribution is -2.16. The van der Waals surface area contributed by atoms with Gasteiger partial charge in [0.05, 0.1) is 23.1 Å². The van der Waals surface area contributed by atoms with E-state index in [4.69, 9.17) is 9.15 Å². The van der Waals surface area contributed by atoms with Crippen molar-refractivity contribution in [1.29, 1.82) is 0 Å². The van der Waals surface area contributed by atoms with E-state index in [1.54, 1.807) is 18.2 Å². The third-order valence-corrected chi connectivity index (χ3v) is 4.25. The van der Waals surface area contributed by atoms with Crippen LogP contribution in [0.25, 0.3) is 10.2 Å². The van der Waals surface area contributed by atoms with Gasteiger partial charge in [0, 0.05) is 6.54 Å². The predicted molar refractivity (Wildman–Crippen MR) is 89.8 cm³/mol. The lowest BCUT2D eigenvalue weighted by molar-refractivity contribution is 0.0971. The topological polar surface area (TPSA) is 56.7 Å². The van der Waals surface area contributed by atoms with E-state index in [-0.39, 0.29) is 5.76 Å². The second kappa shape index (κ2) is 6.66. The molecule has 3 aromatic rings. The molecule has 0 atom stereocenters. The highest BCUT2D eigenvalue weighted by atomic mass is 32.1. The van der Waals surface area contributed by atoms with E-state index in [2.05, 4.69) is 11.6 Å². The maximum atomic E-state index is 12.2. The first kappa shape index (κ1) is 15.3. The molecule has 0 aliphatic heterocycles. The Morgan fingerprint density at radius 2 is 2.35 bits per heavy atom. The molecule has 1 aromatic carbocycles. The molecule has 0 fully saturated rings. The van der Waals surface area contributed by atoms with Gasteiger partial charge in [0.25, 0.3) is 0 Å². The molecular formula is C17H16N2O3S. The average Bonchev–Trinajstić information content (AvgIpc) is 3.17. The molecule has 1 amide bonds. The van der Waals surface area contributed by atoms with E-state index in [1.165, 1.54) is 17.6 Å². The van der Waals surface area contributed by atoms with Crippen LogP contribution in [0.15, 0.2) is 58.7 Å². The van der Waals surface area contributed by atoms with Gasteiger partial charge >= 0.3 is 5.91 Å². The van der Waals surface area contributed by atoms with Gasteiger partial charge in [0.1, 0.15) is 5.75 Å². The summed E-state index contributed by atoms with van der Waals surface area (Å²) in [6.07, 6.45) is 3.23. The van der Waals surface area contributed by atoms with Gasteiger partial charge in [-0.1, -0.05) is 17.4 Å². The summed E-state index contributed by atoms with van der Waals surface area (Å²) in [7, 11) is 0. The van der Waals surface area contributed by atoms with E-state index in [0.29, 0.717) is 18.0 Å². The summed E-state index contributed by atoms with van der Waals surface area (Å²) in [5.41, 5.74) is 0.990. The highest BCUT2D eigenvalue weighted by molar-refractivity contribution is 7.16. The number of amides is 1. The molecule has 0 saturated carbocycles. The summed E-state index contributed by atoms with van der Waals surface area (Å²) in [4.78, 5) is 17.0. The van der Waals surface area contributed by atoms with E-state index in [9.17, 15) is 4.79 Å². The van der Waals surface area contributed by atoms with Crippen LogP contribution >= 0.6 is 11.3 Å². The van der Waals surface area contributed by atoms with Crippen molar-refractivity contribution in [2.24, 2.45) is 4.99 Å². The second-order valence-corrected chi connectivity index (χ2v) is 5.75. The Morgan fingerprint density at radius 1 is 1.48 bits per heavy atom. The van der Waals surface area contributed by atoms with Crippen LogP contribution in [-0.2, 0) is 6.54 Å². The number of furan rings is 1. The minimum atomic E-state index is -0.399. The van der Waals surface area contributed by atoms with Gasteiger partial charge < -0.3 is 13.7 Å². The van der Waals surface area contributed by atoms with Crippen molar-refractivity contribution in [1.82, 2.24) is 4.57 Å². The lowest BCUT2D eigenvalue weighted by Gasteiger charge is -2.04. The minimum absolute atomic E-state index is 0.225. The minimum Gasteiger partial charge on any atom is -0.494 e. The third-order valence-electron chi connectivity index (χ3n) is 3.21. The van der Waals surface area contributed by atoms with Crippen LogP contribution in [0.1, 0.15) is 17.5 Å². The fraction of sp³-hybridized carbons (Fsp3) is 0.176. The van der Waals surface area contributed by atoms with Gasteiger partial charge in [-0.25, -0.2) is 0 Å². The summed E-state index contributed by atoms with van der Waals surface area (Å²) in [6, 6.07) is 9.11. The van der Waals surface area contributed by atoms with Crippen LogP contribution < -0.4 is 9.54 Å². The third kappa shape index (κ3) is 3.12. The number of carbonyl (C=O) groups excluding carboxylic acids is 1. The molecule has 2 heterocycles. The predicted octanol–water partition coefficient (Wildman–Crippen LogP) is 3.62. The molecule has 0 bridgehead atoms. The molecule has 3 rings (SSSR count). The van der Waals surface area contributed by atoms with E-state index in [0.717, 1.165) is 16.0 Å².